The van der Waals surface area contributed by atoms with Crippen LogP contribution in [0.2, 0.25) is 0 Å². The maximum Gasteiger partial charge on any atom is 0.165 e. The molecule has 2 aromatic rings. The number of ether oxygens (including phenoxy) is 1. The Morgan fingerprint density at radius 2 is 1.76 bits per heavy atom. The van der Waals surface area contributed by atoms with Crippen LogP contribution < -0.4 is 15.4 Å². The van der Waals surface area contributed by atoms with Crippen LogP contribution >= 0.6 is 0 Å². The van der Waals surface area contributed by atoms with Gasteiger partial charge in [-0.3, -0.25) is 0 Å². The van der Waals surface area contributed by atoms with Gasteiger partial charge >= 0.3 is 0 Å². The number of hydrogen-bond donors (Lipinski definition) is 1. The van der Waals surface area contributed by atoms with E-state index in [4.69, 9.17) is 10.5 Å². The largest absolute Gasteiger partial charge is 0.494 e. The van der Waals surface area contributed by atoms with Gasteiger partial charge in [-0.1, -0.05) is 18.2 Å². The molecule has 0 saturated carbocycles. The minimum Gasteiger partial charge on any atom is -0.494 e. The van der Waals surface area contributed by atoms with Crippen molar-refractivity contribution in [1.82, 2.24) is 0 Å². The molecule has 0 spiro atoms. The second kappa shape index (κ2) is 7.09. The third kappa shape index (κ3) is 3.73. The lowest BCUT2D eigenvalue weighted by Gasteiger charge is -2.23. The Morgan fingerprint density at radius 1 is 1.10 bits per heavy atom. The summed E-state index contributed by atoms with van der Waals surface area (Å²) in [5.74, 6) is -0.0568. The number of benzene rings is 2. The van der Waals surface area contributed by atoms with Crippen molar-refractivity contribution in [1.29, 1.82) is 0 Å². The van der Waals surface area contributed by atoms with Crippen LogP contribution in [0, 0.1) is 5.82 Å². The highest BCUT2D eigenvalue weighted by Crippen LogP contribution is 2.21. The first-order valence-electron chi connectivity index (χ1n) is 7.04. The molecule has 0 heterocycles. The zero-order valence-electron chi connectivity index (χ0n) is 12.5. The summed E-state index contributed by atoms with van der Waals surface area (Å²) in [6.07, 6.45) is 0. The fourth-order valence-corrected chi connectivity index (χ4v) is 2.26. The number of rotatable bonds is 6. The van der Waals surface area contributed by atoms with E-state index >= 15 is 0 Å². The first kappa shape index (κ1) is 15.3. The van der Waals surface area contributed by atoms with E-state index in [0.717, 1.165) is 23.4 Å². The summed E-state index contributed by atoms with van der Waals surface area (Å²) in [5, 5.41) is 0. The molecule has 0 amide bonds. The van der Waals surface area contributed by atoms with Crippen LogP contribution in [-0.4, -0.2) is 13.7 Å². The van der Waals surface area contributed by atoms with Crippen molar-refractivity contribution in [3.05, 3.63) is 59.4 Å². The molecular weight excluding hydrogens is 267 g/mol. The monoisotopic (exact) mass is 288 g/mol. The molecule has 2 aromatic carbocycles. The van der Waals surface area contributed by atoms with Crippen molar-refractivity contribution < 1.29 is 9.13 Å². The van der Waals surface area contributed by atoms with Gasteiger partial charge in [-0.15, -0.1) is 0 Å². The van der Waals surface area contributed by atoms with Gasteiger partial charge in [0.1, 0.15) is 0 Å². The summed E-state index contributed by atoms with van der Waals surface area (Å²) >= 11 is 0. The predicted molar refractivity (Wildman–Crippen MR) is 84.0 cm³/mol. The van der Waals surface area contributed by atoms with Crippen molar-refractivity contribution in [2.24, 2.45) is 5.73 Å². The highest BCUT2D eigenvalue weighted by molar-refractivity contribution is 5.48. The first-order valence-corrected chi connectivity index (χ1v) is 7.04. The Kier molecular flexibility index (Phi) is 5.17. The van der Waals surface area contributed by atoms with E-state index in [1.165, 1.54) is 13.2 Å². The molecule has 3 nitrogen and oxygen atoms in total. The van der Waals surface area contributed by atoms with E-state index in [-0.39, 0.29) is 11.6 Å². The molecule has 2 rings (SSSR count). The number of nitrogens with two attached hydrogens (primary N) is 1. The highest BCUT2D eigenvalue weighted by atomic mass is 19.1. The third-order valence-corrected chi connectivity index (χ3v) is 3.51. The Morgan fingerprint density at radius 3 is 2.29 bits per heavy atom. The number of hydrogen-bond acceptors (Lipinski definition) is 3. The molecule has 4 heteroatoms. The molecule has 0 aliphatic heterocycles. The van der Waals surface area contributed by atoms with Crippen LogP contribution in [-0.2, 0) is 13.1 Å². The zero-order chi connectivity index (χ0) is 15.2. The highest BCUT2D eigenvalue weighted by Gasteiger charge is 2.08. The normalized spacial score (nSPS) is 10.5. The van der Waals surface area contributed by atoms with Crippen molar-refractivity contribution in [3.63, 3.8) is 0 Å². The summed E-state index contributed by atoms with van der Waals surface area (Å²) < 4.78 is 18.7. The molecule has 0 bridgehead atoms. The summed E-state index contributed by atoms with van der Waals surface area (Å²) in [7, 11) is 1.47. The van der Waals surface area contributed by atoms with Gasteiger partial charge in [0.15, 0.2) is 11.6 Å². The van der Waals surface area contributed by atoms with Crippen molar-refractivity contribution in [2.75, 3.05) is 18.6 Å². The van der Waals surface area contributed by atoms with E-state index in [2.05, 4.69) is 11.8 Å². The topological polar surface area (TPSA) is 38.5 Å². The quantitative estimate of drug-likeness (QED) is 0.886. The second-order valence-corrected chi connectivity index (χ2v) is 4.85. The number of methoxy groups -OCH3 is 1. The molecule has 0 aromatic heterocycles. The van der Waals surface area contributed by atoms with Crippen LogP contribution in [0.4, 0.5) is 10.1 Å². The zero-order valence-corrected chi connectivity index (χ0v) is 12.5. The lowest BCUT2D eigenvalue weighted by atomic mass is 10.1. The minimum atomic E-state index is -0.329. The predicted octanol–water partition coefficient (Wildman–Crippen LogP) is 3.32. The second-order valence-electron chi connectivity index (χ2n) is 4.85. The molecule has 0 atom stereocenters. The van der Waals surface area contributed by atoms with Crippen molar-refractivity contribution in [3.8, 4) is 5.75 Å². The van der Waals surface area contributed by atoms with Crippen molar-refractivity contribution >= 4 is 5.69 Å². The first-order chi connectivity index (χ1) is 10.2. The van der Waals surface area contributed by atoms with E-state index in [0.29, 0.717) is 13.1 Å². The molecule has 0 aliphatic rings. The summed E-state index contributed by atoms with van der Waals surface area (Å²) in [5.41, 5.74) is 8.73. The molecule has 21 heavy (non-hydrogen) atoms. The van der Waals surface area contributed by atoms with E-state index in [1.807, 2.05) is 30.3 Å². The summed E-state index contributed by atoms with van der Waals surface area (Å²) in [6.45, 7) is 4.11. The Hall–Kier alpha value is -2.07. The number of anilines is 1. The fraction of sp³-hybridized carbons (Fsp3) is 0.294. The van der Waals surface area contributed by atoms with Crippen LogP contribution in [0.1, 0.15) is 18.1 Å². The lowest BCUT2D eigenvalue weighted by molar-refractivity contribution is 0.386. The van der Waals surface area contributed by atoms with Crippen LogP contribution in [0.3, 0.4) is 0 Å². The molecule has 0 unspecified atom stereocenters. The molecule has 0 fully saturated rings. The van der Waals surface area contributed by atoms with Gasteiger partial charge in [0.05, 0.1) is 7.11 Å². The van der Waals surface area contributed by atoms with Gasteiger partial charge in [-0.05, 0) is 42.3 Å². The van der Waals surface area contributed by atoms with Crippen LogP contribution in [0.15, 0.2) is 42.5 Å². The SMILES string of the molecule is CCN(Cc1ccc(OC)c(F)c1)c1ccc(CN)cc1. The van der Waals surface area contributed by atoms with Gasteiger partial charge in [0, 0.05) is 25.3 Å². The molecule has 0 aliphatic carbocycles. The molecule has 112 valence electrons. The molecule has 0 saturated heterocycles. The summed E-state index contributed by atoms with van der Waals surface area (Å²) in [4.78, 5) is 2.18. The average Bonchev–Trinajstić information content (AvgIpc) is 2.53. The molecule has 0 radical (unpaired) electrons. The summed E-state index contributed by atoms with van der Waals surface area (Å²) in [6, 6.07) is 13.2. The van der Waals surface area contributed by atoms with Crippen LogP contribution in [0.25, 0.3) is 0 Å². The van der Waals surface area contributed by atoms with E-state index in [9.17, 15) is 4.39 Å². The fourth-order valence-electron chi connectivity index (χ4n) is 2.26. The van der Waals surface area contributed by atoms with Gasteiger partial charge in [-0.25, -0.2) is 4.39 Å². The molecular formula is C17H21FN2O. The molecule has 2 N–H and O–H groups in total. The van der Waals surface area contributed by atoms with E-state index in [1.54, 1.807) is 6.07 Å². The Balaban J connectivity index is 2.16. The standard InChI is InChI=1S/C17H21FN2O/c1-3-20(15-7-4-13(11-19)5-8-15)12-14-6-9-17(21-2)16(18)10-14/h4-10H,3,11-12,19H2,1-2H3. The van der Waals surface area contributed by atoms with Gasteiger partial charge in [0.2, 0.25) is 0 Å². The van der Waals surface area contributed by atoms with Gasteiger partial charge in [0.25, 0.3) is 0 Å². The van der Waals surface area contributed by atoms with E-state index < -0.39 is 0 Å². The van der Waals surface area contributed by atoms with Crippen LogP contribution in [0.5, 0.6) is 5.75 Å². The van der Waals surface area contributed by atoms with Gasteiger partial charge in [-0.2, -0.15) is 0 Å². The average molecular weight is 288 g/mol. The third-order valence-electron chi connectivity index (χ3n) is 3.51. The Labute approximate surface area is 125 Å². The number of halogens is 1. The number of nitrogens with zero attached hydrogens (tertiary/aromatic N) is 1. The maximum absolute atomic E-state index is 13.7. The Bertz CT molecular complexity index is 584. The minimum absolute atomic E-state index is 0.272. The van der Waals surface area contributed by atoms with Gasteiger partial charge < -0.3 is 15.4 Å². The smallest absolute Gasteiger partial charge is 0.165 e. The van der Waals surface area contributed by atoms with Crippen molar-refractivity contribution in [2.45, 2.75) is 20.0 Å². The lowest BCUT2D eigenvalue weighted by Crippen LogP contribution is -2.22. The maximum atomic E-state index is 13.7.